The lowest BCUT2D eigenvalue weighted by atomic mass is 9.66. The SMILES string of the molecule is Cc1ccc(N2C(=O)NC(=O)C3(CCC3)C2=O)c(C)n1. The third kappa shape index (κ3) is 1.57. The van der Waals surface area contributed by atoms with Gasteiger partial charge in [0.05, 0.1) is 11.4 Å². The standard InChI is InChI=1S/C14H15N3O3/c1-8-4-5-10(9(2)15-8)17-12(19)14(6-3-7-14)11(18)16-13(17)20/h4-5H,3,6-7H2,1-2H3,(H,16,18,20). The number of aryl methyl sites for hydroxylation is 2. The van der Waals surface area contributed by atoms with Crippen molar-refractivity contribution in [1.82, 2.24) is 10.3 Å². The van der Waals surface area contributed by atoms with Gasteiger partial charge in [-0.15, -0.1) is 0 Å². The van der Waals surface area contributed by atoms with E-state index in [4.69, 9.17) is 0 Å². The van der Waals surface area contributed by atoms with Crippen molar-refractivity contribution >= 4 is 23.5 Å². The minimum Gasteiger partial charge on any atom is -0.276 e. The number of pyridine rings is 1. The third-order valence-corrected chi connectivity index (χ3v) is 4.12. The van der Waals surface area contributed by atoms with Gasteiger partial charge in [-0.05, 0) is 38.8 Å². The van der Waals surface area contributed by atoms with Crippen LogP contribution in [0.1, 0.15) is 30.7 Å². The highest BCUT2D eigenvalue weighted by molar-refractivity contribution is 6.30. The highest BCUT2D eigenvalue weighted by Crippen LogP contribution is 2.45. The number of urea groups is 1. The Labute approximate surface area is 116 Å². The highest BCUT2D eigenvalue weighted by atomic mass is 16.2. The number of rotatable bonds is 1. The molecule has 6 nitrogen and oxygen atoms in total. The van der Waals surface area contributed by atoms with E-state index in [0.717, 1.165) is 17.0 Å². The summed E-state index contributed by atoms with van der Waals surface area (Å²) in [5.74, 6) is -0.890. The summed E-state index contributed by atoms with van der Waals surface area (Å²) in [7, 11) is 0. The third-order valence-electron chi connectivity index (χ3n) is 4.12. The number of nitrogens with zero attached hydrogens (tertiary/aromatic N) is 2. The Bertz CT molecular complexity index is 635. The van der Waals surface area contributed by atoms with Gasteiger partial charge >= 0.3 is 6.03 Å². The summed E-state index contributed by atoms with van der Waals surface area (Å²) in [4.78, 5) is 41.9. The van der Waals surface area contributed by atoms with Crippen molar-refractivity contribution in [3.05, 3.63) is 23.5 Å². The van der Waals surface area contributed by atoms with Crippen LogP contribution in [0.5, 0.6) is 0 Å². The van der Waals surface area contributed by atoms with E-state index in [-0.39, 0.29) is 0 Å². The number of barbiturate groups is 1. The number of amides is 4. The molecule has 2 fully saturated rings. The van der Waals surface area contributed by atoms with Crippen LogP contribution in [0.25, 0.3) is 0 Å². The van der Waals surface area contributed by atoms with Gasteiger partial charge in [-0.25, -0.2) is 9.69 Å². The number of carbonyl (C=O) groups is 3. The van der Waals surface area contributed by atoms with Gasteiger partial charge in [0.2, 0.25) is 5.91 Å². The fraction of sp³-hybridized carbons (Fsp3) is 0.429. The van der Waals surface area contributed by atoms with Gasteiger partial charge in [0, 0.05) is 5.69 Å². The molecule has 1 aliphatic heterocycles. The molecule has 1 saturated carbocycles. The van der Waals surface area contributed by atoms with Crippen molar-refractivity contribution in [2.75, 3.05) is 4.90 Å². The average Bonchev–Trinajstić information content (AvgIpc) is 2.29. The molecule has 0 unspecified atom stereocenters. The fourth-order valence-electron chi connectivity index (χ4n) is 2.78. The second-order valence-corrected chi connectivity index (χ2v) is 5.39. The van der Waals surface area contributed by atoms with E-state index in [0.29, 0.717) is 24.2 Å². The van der Waals surface area contributed by atoms with Crippen LogP contribution in [0, 0.1) is 19.3 Å². The number of imide groups is 2. The summed E-state index contributed by atoms with van der Waals surface area (Å²) in [5, 5.41) is 2.29. The van der Waals surface area contributed by atoms with E-state index in [9.17, 15) is 14.4 Å². The predicted octanol–water partition coefficient (Wildman–Crippen LogP) is 1.45. The molecule has 1 spiro atoms. The van der Waals surface area contributed by atoms with E-state index in [1.807, 2.05) is 6.92 Å². The Balaban J connectivity index is 2.05. The Morgan fingerprint density at radius 1 is 1.20 bits per heavy atom. The molecule has 0 radical (unpaired) electrons. The molecular weight excluding hydrogens is 258 g/mol. The van der Waals surface area contributed by atoms with Crippen molar-refractivity contribution in [2.45, 2.75) is 33.1 Å². The summed E-state index contributed by atoms with van der Waals surface area (Å²) in [6.45, 7) is 3.58. The zero-order valence-electron chi connectivity index (χ0n) is 11.4. The lowest BCUT2D eigenvalue weighted by Gasteiger charge is -2.44. The first kappa shape index (κ1) is 12.8. The normalized spacial score (nSPS) is 20.9. The van der Waals surface area contributed by atoms with Crippen LogP contribution >= 0.6 is 0 Å². The Hall–Kier alpha value is -2.24. The molecule has 2 aliphatic rings. The van der Waals surface area contributed by atoms with Gasteiger partial charge in [0.1, 0.15) is 5.41 Å². The molecule has 1 aliphatic carbocycles. The van der Waals surface area contributed by atoms with Crippen LogP contribution in [0.3, 0.4) is 0 Å². The molecular formula is C14H15N3O3. The van der Waals surface area contributed by atoms with Crippen molar-refractivity contribution in [3.8, 4) is 0 Å². The van der Waals surface area contributed by atoms with E-state index >= 15 is 0 Å². The molecule has 1 N–H and O–H groups in total. The minimum atomic E-state index is -1.05. The van der Waals surface area contributed by atoms with Gasteiger partial charge < -0.3 is 0 Å². The maximum Gasteiger partial charge on any atom is 0.335 e. The number of aromatic nitrogens is 1. The van der Waals surface area contributed by atoms with Crippen LogP contribution < -0.4 is 10.2 Å². The monoisotopic (exact) mass is 273 g/mol. The van der Waals surface area contributed by atoms with Crippen molar-refractivity contribution in [2.24, 2.45) is 5.41 Å². The predicted molar refractivity (Wildman–Crippen MR) is 71.0 cm³/mol. The van der Waals surface area contributed by atoms with Crippen molar-refractivity contribution in [1.29, 1.82) is 0 Å². The van der Waals surface area contributed by atoms with Crippen LogP contribution in [0.15, 0.2) is 12.1 Å². The molecule has 1 aromatic rings. The van der Waals surface area contributed by atoms with Gasteiger partial charge in [-0.1, -0.05) is 6.42 Å². The first-order chi connectivity index (χ1) is 9.45. The highest BCUT2D eigenvalue weighted by Gasteiger charge is 2.57. The molecule has 3 rings (SSSR count). The molecule has 0 bridgehead atoms. The van der Waals surface area contributed by atoms with Gasteiger partial charge in [0.25, 0.3) is 5.91 Å². The zero-order chi connectivity index (χ0) is 14.5. The maximum atomic E-state index is 12.6. The number of anilines is 1. The van der Waals surface area contributed by atoms with Crippen LogP contribution in [-0.2, 0) is 9.59 Å². The number of carbonyl (C=O) groups excluding carboxylic acids is 3. The number of nitrogens with one attached hydrogen (secondary N) is 1. The first-order valence-electron chi connectivity index (χ1n) is 6.60. The smallest absolute Gasteiger partial charge is 0.276 e. The number of hydrogen-bond acceptors (Lipinski definition) is 4. The molecule has 1 aromatic heterocycles. The van der Waals surface area contributed by atoms with E-state index in [1.54, 1.807) is 19.1 Å². The quantitative estimate of drug-likeness (QED) is 0.785. The second kappa shape index (κ2) is 4.13. The average molecular weight is 273 g/mol. The molecule has 2 heterocycles. The van der Waals surface area contributed by atoms with Crippen LogP contribution in [0.2, 0.25) is 0 Å². The summed E-state index contributed by atoms with van der Waals surface area (Å²) in [5.41, 5.74) is 0.797. The summed E-state index contributed by atoms with van der Waals surface area (Å²) in [6, 6.07) is 2.75. The molecule has 104 valence electrons. The van der Waals surface area contributed by atoms with Crippen molar-refractivity contribution in [3.63, 3.8) is 0 Å². The van der Waals surface area contributed by atoms with Gasteiger partial charge in [-0.2, -0.15) is 0 Å². The van der Waals surface area contributed by atoms with E-state index in [1.165, 1.54) is 0 Å². The second-order valence-electron chi connectivity index (χ2n) is 5.39. The lowest BCUT2D eigenvalue weighted by Crippen LogP contribution is -2.66. The van der Waals surface area contributed by atoms with Crippen molar-refractivity contribution < 1.29 is 14.4 Å². The topological polar surface area (TPSA) is 79.4 Å². The molecule has 0 atom stereocenters. The molecule has 4 amide bonds. The van der Waals surface area contributed by atoms with Gasteiger partial charge in [0.15, 0.2) is 0 Å². The molecule has 6 heteroatoms. The summed E-state index contributed by atoms with van der Waals surface area (Å²) < 4.78 is 0. The number of hydrogen-bond donors (Lipinski definition) is 1. The Morgan fingerprint density at radius 3 is 2.45 bits per heavy atom. The maximum absolute atomic E-state index is 12.6. The minimum absolute atomic E-state index is 0.425. The lowest BCUT2D eigenvalue weighted by molar-refractivity contribution is -0.148. The summed E-state index contributed by atoms with van der Waals surface area (Å²) >= 11 is 0. The largest absolute Gasteiger partial charge is 0.335 e. The van der Waals surface area contributed by atoms with Crippen LogP contribution in [0.4, 0.5) is 10.5 Å². The summed E-state index contributed by atoms with van der Waals surface area (Å²) in [6.07, 6.45) is 1.83. The van der Waals surface area contributed by atoms with Crippen LogP contribution in [-0.4, -0.2) is 22.8 Å². The van der Waals surface area contributed by atoms with Gasteiger partial charge in [-0.3, -0.25) is 19.9 Å². The Kier molecular flexibility index (Phi) is 2.64. The first-order valence-corrected chi connectivity index (χ1v) is 6.60. The molecule has 20 heavy (non-hydrogen) atoms. The molecule has 0 aromatic carbocycles. The Morgan fingerprint density at radius 2 is 1.90 bits per heavy atom. The van der Waals surface area contributed by atoms with E-state index in [2.05, 4.69) is 10.3 Å². The zero-order valence-corrected chi connectivity index (χ0v) is 11.4. The molecule has 1 saturated heterocycles. The van der Waals surface area contributed by atoms with E-state index < -0.39 is 23.3 Å². The fourth-order valence-corrected chi connectivity index (χ4v) is 2.78.